The van der Waals surface area contributed by atoms with Gasteiger partial charge in [-0.25, -0.2) is 0 Å². The minimum atomic E-state index is -0.163. The smallest absolute Gasteiger partial charge is 0.273 e. The highest BCUT2D eigenvalue weighted by atomic mass is 16.5. The van der Waals surface area contributed by atoms with Crippen molar-refractivity contribution in [3.05, 3.63) is 17.5 Å². The zero-order valence-corrected chi connectivity index (χ0v) is 11.5. The van der Waals surface area contributed by atoms with E-state index in [1.54, 1.807) is 6.07 Å². The van der Waals surface area contributed by atoms with Crippen LogP contribution in [-0.4, -0.2) is 30.8 Å². The summed E-state index contributed by atoms with van der Waals surface area (Å²) in [7, 11) is 0. The van der Waals surface area contributed by atoms with Crippen molar-refractivity contribution in [3.8, 4) is 0 Å². The Hall–Kier alpha value is -1.36. The number of hydrogen-bond donors (Lipinski definition) is 1. The third-order valence-corrected chi connectivity index (χ3v) is 3.13. The lowest BCUT2D eigenvalue weighted by molar-refractivity contribution is 0.0931. The Labute approximate surface area is 113 Å². The minimum Gasteiger partial charge on any atom is -0.381 e. The first kappa shape index (κ1) is 14.1. The van der Waals surface area contributed by atoms with Crippen LogP contribution in [-0.2, 0) is 4.74 Å². The number of ether oxygens (including phenoxy) is 1. The number of carbonyl (C=O) groups excluding carboxylic acids is 1. The summed E-state index contributed by atoms with van der Waals surface area (Å²) in [5, 5.41) is 6.62. The van der Waals surface area contributed by atoms with Gasteiger partial charge in [-0.3, -0.25) is 4.79 Å². The van der Waals surface area contributed by atoms with Crippen LogP contribution in [0.2, 0.25) is 0 Å². The molecule has 1 saturated carbocycles. The molecule has 0 radical (unpaired) electrons. The van der Waals surface area contributed by atoms with Crippen LogP contribution in [0.4, 0.5) is 0 Å². The molecular formula is C14H22N2O3. The molecule has 19 heavy (non-hydrogen) atoms. The van der Waals surface area contributed by atoms with Gasteiger partial charge in [-0.2, -0.15) is 0 Å². The number of aromatic nitrogens is 1. The van der Waals surface area contributed by atoms with E-state index >= 15 is 0 Å². The van der Waals surface area contributed by atoms with Crippen LogP contribution in [0.5, 0.6) is 0 Å². The summed E-state index contributed by atoms with van der Waals surface area (Å²) in [6.07, 6.45) is 5.35. The highest BCUT2D eigenvalue weighted by Gasteiger charge is 2.28. The zero-order valence-electron chi connectivity index (χ0n) is 11.5. The van der Waals surface area contributed by atoms with E-state index in [0.717, 1.165) is 44.5 Å². The number of hydrogen-bond acceptors (Lipinski definition) is 4. The quantitative estimate of drug-likeness (QED) is 0.697. The third kappa shape index (κ3) is 4.67. The predicted molar refractivity (Wildman–Crippen MR) is 71.2 cm³/mol. The third-order valence-electron chi connectivity index (χ3n) is 3.13. The number of unbranched alkanes of at least 4 members (excludes halogenated alkanes) is 1. The lowest BCUT2D eigenvalue weighted by Gasteiger charge is -2.04. The number of carbonyl (C=O) groups is 1. The summed E-state index contributed by atoms with van der Waals surface area (Å²) in [4.78, 5) is 11.8. The molecule has 0 aromatic carbocycles. The first-order valence-electron chi connectivity index (χ1n) is 7.13. The molecule has 0 atom stereocenters. The Kier molecular flexibility index (Phi) is 5.39. The van der Waals surface area contributed by atoms with Crippen molar-refractivity contribution in [1.29, 1.82) is 0 Å². The Balaban J connectivity index is 1.58. The largest absolute Gasteiger partial charge is 0.381 e. The molecule has 1 aromatic rings. The zero-order chi connectivity index (χ0) is 13.5. The van der Waals surface area contributed by atoms with E-state index in [-0.39, 0.29) is 5.91 Å². The maximum Gasteiger partial charge on any atom is 0.273 e. The van der Waals surface area contributed by atoms with Crippen LogP contribution < -0.4 is 5.32 Å². The topological polar surface area (TPSA) is 64.4 Å². The van der Waals surface area contributed by atoms with Crippen LogP contribution in [0, 0.1) is 0 Å². The summed E-state index contributed by atoms with van der Waals surface area (Å²) in [5.41, 5.74) is 0.383. The summed E-state index contributed by atoms with van der Waals surface area (Å²) in [6.45, 7) is 4.23. The number of nitrogens with one attached hydrogen (secondary N) is 1. The molecule has 0 saturated heterocycles. The maximum atomic E-state index is 11.8. The van der Waals surface area contributed by atoms with Crippen molar-refractivity contribution in [1.82, 2.24) is 10.5 Å². The van der Waals surface area contributed by atoms with Gasteiger partial charge >= 0.3 is 0 Å². The van der Waals surface area contributed by atoms with Crippen LogP contribution >= 0.6 is 0 Å². The van der Waals surface area contributed by atoms with Crippen molar-refractivity contribution >= 4 is 5.91 Å². The predicted octanol–water partition coefficient (Wildman–Crippen LogP) is 2.49. The minimum absolute atomic E-state index is 0.163. The fraction of sp³-hybridized carbons (Fsp3) is 0.714. The molecule has 1 amide bonds. The molecule has 2 rings (SSSR count). The van der Waals surface area contributed by atoms with Crippen molar-refractivity contribution in [3.63, 3.8) is 0 Å². The first-order valence-corrected chi connectivity index (χ1v) is 7.13. The molecule has 1 heterocycles. The number of nitrogens with zero attached hydrogens (tertiary/aromatic N) is 1. The van der Waals surface area contributed by atoms with Gasteiger partial charge in [0.15, 0.2) is 5.69 Å². The molecule has 5 nitrogen and oxygen atoms in total. The molecule has 0 spiro atoms. The standard InChI is InChI=1S/C14H22N2O3/c1-2-3-8-18-9-4-7-15-14(17)12-10-13(19-16-12)11-5-6-11/h10-11H,2-9H2,1H3,(H,15,17). The molecule has 0 bridgehead atoms. The highest BCUT2D eigenvalue weighted by molar-refractivity contribution is 5.92. The van der Waals surface area contributed by atoms with Gasteiger partial charge in [-0.15, -0.1) is 0 Å². The lowest BCUT2D eigenvalue weighted by Crippen LogP contribution is -2.25. The Morgan fingerprint density at radius 3 is 3.00 bits per heavy atom. The van der Waals surface area contributed by atoms with Crippen molar-refractivity contribution in [2.45, 2.75) is 44.9 Å². The molecule has 1 aliphatic carbocycles. The van der Waals surface area contributed by atoms with E-state index in [1.807, 2.05) is 0 Å². The van der Waals surface area contributed by atoms with Gasteiger partial charge < -0.3 is 14.6 Å². The van der Waals surface area contributed by atoms with E-state index in [0.29, 0.717) is 24.8 Å². The van der Waals surface area contributed by atoms with Gasteiger partial charge in [0.05, 0.1) is 0 Å². The Bertz CT molecular complexity index is 399. The molecule has 1 fully saturated rings. The van der Waals surface area contributed by atoms with E-state index < -0.39 is 0 Å². The normalized spacial score (nSPS) is 14.6. The molecule has 5 heteroatoms. The molecule has 106 valence electrons. The summed E-state index contributed by atoms with van der Waals surface area (Å²) in [5.74, 6) is 1.17. The van der Waals surface area contributed by atoms with Gasteiger partial charge in [-0.05, 0) is 25.7 Å². The summed E-state index contributed by atoms with van der Waals surface area (Å²) < 4.78 is 10.6. The van der Waals surface area contributed by atoms with Gasteiger partial charge in [0, 0.05) is 31.7 Å². The fourth-order valence-electron chi connectivity index (χ4n) is 1.77. The Morgan fingerprint density at radius 2 is 2.26 bits per heavy atom. The first-order chi connectivity index (χ1) is 9.31. The molecule has 0 aliphatic heterocycles. The number of rotatable bonds is 9. The van der Waals surface area contributed by atoms with Crippen molar-refractivity contribution in [2.24, 2.45) is 0 Å². The highest BCUT2D eigenvalue weighted by Crippen LogP contribution is 2.40. The van der Waals surface area contributed by atoms with E-state index in [2.05, 4.69) is 17.4 Å². The Morgan fingerprint density at radius 1 is 1.47 bits per heavy atom. The maximum absolute atomic E-state index is 11.8. The van der Waals surface area contributed by atoms with Crippen LogP contribution in [0.3, 0.4) is 0 Å². The SMILES string of the molecule is CCCCOCCCNC(=O)c1cc(C2CC2)on1. The van der Waals surface area contributed by atoms with Gasteiger partial charge in [0.2, 0.25) is 0 Å². The lowest BCUT2D eigenvalue weighted by atomic mass is 10.3. The van der Waals surface area contributed by atoms with Crippen molar-refractivity contribution in [2.75, 3.05) is 19.8 Å². The van der Waals surface area contributed by atoms with Gasteiger partial charge in [-0.1, -0.05) is 18.5 Å². The molecule has 1 aromatic heterocycles. The average Bonchev–Trinajstić information content (AvgIpc) is 3.15. The monoisotopic (exact) mass is 266 g/mol. The fourth-order valence-corrected chi connectivity index (χ4v) is 1.77. The van der Waals surface area contributed by atoms with Crippen LogP contribution in [0.1, 0.15) is 61.2 Å². The van der Waals surface area contributed by atoms with Gasteiger partial charge in [0.25, 0.3) is 5.91 Å². The van der Waals surface area contributed by atoms with Gasteiger partial charge in [0.1, 0.15) is 5.76 Å². The summed E-state index contributed by atoms with van der Waals surface area (Å²) >= 11 is 0. The second-order valence-corrected chi connectivity index (χ2v) is 4.96. The van der Waals surface area contributed by atoms with Crippen LogP contribution in [0.25, 0.3) is 0 Å². The van der Waals surface area contributed by atoms with Crippen LogP contribution in [0.15, 0.2) is 10.6 Å². The van der Waals surface area contributed by atoms with E-state index in [9.17, 15) is 4.79 Å². The second kappa shape index (κ2) is 7.28. The molecule has 1 N–H and O–H groups in total. The molecule has 0 unspecified atom stereocenters. The molecule has 1 aliphatic rings. The number of amides is 1. The average molecular weight is 266 g/mol. The summed E-state index contributed by atoms with van der Waals surface area (Å²) in [6, 6.07) is 1.75. The molecular weight excluding hydrogens is 244 g/mol. The second-order valence-electron chi connectivity index (χ2n) is 4.96. The van der Waals surface area contributed by atoms with E-state index in [1.165, 1.54) is 0 Å². The van der Waals surface area contributed by atoms with E-state index in [4.69, 9.17) is 9.26 Å². The van der Waals surface area contributed by atoms with Crippen molar-refractivity contribution < 1.29 is 14.1 Å².